The maximum Gasteiger partial charge on any atom is 0.306 e. The molecular weight excluding hydrogens is 314 g/mol. The van der Waals surface area contributed by atoms with Gasteiger partial charge in [0.1, 0.15) is 11.9 Å². The van der Waals surface area contributed by atoms with Gasteiger partial charge in [0, 0.05) is 18.9 Å². The number of carbonyl (C=O) groups excluding carboxylic acids is 1. The molecule has 0 bridgehead atoms. The van der Waals surface area contributed by atoms with Crippen molar-refractivity contribution in [2.24, 2.45) is 0 Å². The van der Waals surface area contributed by atoms with Crippen molar-refractivity contribution < 1.29 is 14.3 Å². The second-order valence-electron chi connectivity index (χ2n) is 6.39. The second-order valence-corrected chi connectivity index (χ2v) is 6.39. The van der Waals surface area contributed by atoms with Gasteiger partial charge in [-0.3, -0.25) is 4.79 Å². The molecule has 1 N–H and O–H groups in total. The lowest BCUT2D eigenvalue weighted by molar-refractivity contribution is -0.150. The largest absolute Gasteiger partial charge is 0.497 e. The van der Waals surface area contributed by atoms with Crippen molar-refractivity contribution in [3.8, 4) is 5.75 Å². The van der Waals surface area contributed by atoms with E-state index in [1.807, 2.05) is 42.5 Å². The molecular formula is C21H25NO3. The molecule has 0 spiro atoms. The summed E-state index contributed by atoms with van der Waals surface area (Å²) in [5, 5.41) is 3.34. The molecule has 1 saturated heterocycles. The number of methoxy groups -OCH3 is 1. The normalized spacial score (nSPS) is 20.0. The lowest BCUT2D eigenvalue weighted by atomic mass is 9.88. The van der Waals surface area contributed by atoms with Crippen molar-refractivity contribution in [2.45, 2.75) is 31.3 Å². The summed E-state index contributed by atoms with van der Waals surface area (Å²) >= 11 is 0. The third-order valence-electron chi connectivity index (χ3n) is 4.71. The van der Waals surface area contributed by atoms with Crippen molar-refractivity contribution in [3.05, 3.63) is 65.7 Å². The van der Waals surface area contributed by atoms with Crippen molar-refractivity contribution in [1.29, 1.82) is 0 Å². The quantitative estimate of drug-likeness (QED) is 0.820. The van der Waals surface area contributed by atoms with Gasteiger partial charge in [-0.2, -0.15) is 0 Å². The maximum absolute atomic E-state index is 12.3. The molecule has 1 aliphatic rings. The standard InChI is InChI=1S/C21H25NO3/c1-24-18-10-7-16(8-11-18)9-12-21(23)25-20-15-22-14-13-19(20)17-5-3-2-4-6-17/h2-8,10-11,19-20,22H,9,12-15H2,1H3/t19?,20-/m0/s1. The van der Waals surface area contributed by atoms with Crippen LogP contribution in [0.15, 0.2) is 54.6 Å². The summed E-state index contributed by atoms with van der Waals surface area (Å²) in [6.45, 7) is 1.67. The van der Waals surface area contributed by atoms with Crippen LogP contribution in [0.2, 0.25) is 0 Å². The van der Waals surface area contributed by atoms with Gasteiger partial charge in [0.15, 0.2) is 0 Å². The van der Waals surface area contributed by atoms with Gasteiger partial charge in [0.2, 0.25) is 0 Å². The van der Waals surface area contributed by atoms with Gasteiger partial charge in [-0.25, -0.2) is 0 Å². The third kappa shape index (κ3) is 4.83. The molecule has 0 aromatic heterocycles. The molecule has 3 rings (SSSR count). The van der Waals surface area contributed by atoms with Crippen molar-refractivity contribution in [1.82, 2.24) is 5.32 Å². The Labute approximate surface area is 149 Å². The SMILES string of the molecule is COc1ccc(CCC(=O)O[C@H]2CNCCC2c2ccccc2)cc1. The van der Waals surface area contributed by atoms with E-state index in [9.17, 15) is 4.79 Å². The van der Waals surface area contributed by atoms with Gasteiger partial charge in [-0.1, -0.05) is 42.5 Å². The van der Waals surface area contributed by atoms with Crippen molar-refractivity contribution in [2.75, 3.05) is 20.2 Å². The van der Waals surface area contributed by atoms with Crippen LogP contribution in [0.3, 0.4) is 0 Å². The number of benzene rings is 2. The molecule has 1 fully saturated rings. The summed E-state index contributed by atoms with van der Waals surface area (Å²) in [5.74, 6) is 0.961. The Bertz CT molecular complexity index is 669. The number of carbonyl (C=O) groups is 1. The fraction of sp³-hybridized carbons (Fsp3) is 0.381. The van der Waals surface area contributed by atoms with Gasteiger partial charge < -0.3 is 14.8 Å². The van der Waals surface area contributed by atoms with Gasteiger partial charge in [-0.05, 0) is 42.6 Å². The number of aryl methyl sites for hydroxylation is 1. The van der Waals surface area contributed by atoms with Crippen LogP contribution in [0.4, 0.5) is 0 Å². The minimum Gasteiger partial charge on any atom is -0.497 e. The highest BCUT2D eigenvalue weighted by atomic mass is 16.5. The Kier molecular flexibility index (Phi) is 6.07. The van der Waals surface area contributed by atoms with Crippen LogP contribution < -0.4 is 10.1 Å². The number of hydrogen-bond donors (Lipinski definition) is 1. The van der Waals surface area contributed by atoms with E-state index >= 15 is 0 Å². The van der Waals surface area contributed by atoms with Gasteiger partial charge in [0.05, 0.1) is 7.11 Å². The van der Waals surface area contributed by atoms with E-state index in [1.165, 1.54) is 5.56 Å². The van der Waals surface area contributed by atoms with E-state index < -0.39 is 0 Å². The molecule has 1 unspecified atom stereocenters. The van der Waals surface area contributed by atoms with E-state index in [0.29, 0.717) is 19.4 Å². The highest BCUT2D eigenvalue weighted by Crippen LogP contribution is 2.28. The molecule has 0 saturated carbocycles. The minimum atomic E-state index is -0.134. The topological polar surface area (TPSA) is 47.6 Å². The summed E-state index contributed by atoms with van der Waals surface area (Å²) in [5.41, 5.74) is 2.36. The number of hydrogen-bond acceptors (Lipinski definition) is 4. The van der Waals surface area contributed by atoms with Crippen LogP contribution >= 0.6 is 0 Å². The molecule has 2 atom stereocenters. The predicted molar refractivity (Wildman–Crippen MR) is 97.9 cm³/mol. The fourth-order valence-electron chi connectivity index (χ4n) is 3.30. The summed E-state index contributed by atoms with van der Waals surface area (Å²) in [6, 6.07) is 18.1. The van der Waals surface area contributed by atoms with Crippen molar-refractivity contribution in [3.63, 3.8) is 0 Å². The molecule has 0 aliphatic carbocycles. The first-order chi connectivity index (χ1) is 12.3. The molecule has 1 aliphatic heterocycles. The smallest absolute Gasteiger partial charge is 0.306 e. The fourth-order valence-corrected chi connectivity index (χ4v) is 3.30. The Balaban J connectivity index is 1.55. The first kappa shape index (κ1) is 17.5. The average Bonchev–Trinajstić information content (AvgIpc) is 2.68. The number of nitrogens with one attached hydrogen (secondary N) is 1. The van der Waals surface area contributed by atoms with E-state index in [-0.39, 0.29) is 18.0 Å². The third-order valence-corrected chi connectivity index (χ3v) is 4.71. The molecule has 0 amide bonds. The summed E-state index contributed by atoms with van der Waals surface area (Å²) in [6.07, 6.45) is 1.96. The van der Waals surface area contributed by atoms with Crippen LogP contribution in [0.1, 0.15) is 29.9 Å². The molecule has 4 nitrogen and oxygen atoms in total. The lowest BCUT2D eigenvalue weighted by Gasteiger charge is -2.32. The Morgan fingerprint density at radius 1 is 1.12 bits per heavy atom. The highest BCUT2D eigenvalue weighted by molar-refractivity contribution is 5.70. The molecule has 25 heavy (non-hydrogen) atoms. The Morgan fingerprint density at radius 3 is 2.60 bits per heavy atom. The Hall–Kier alpha value is -2.33. The zero-order chi connectivity index (χ0) is 17.5. The van der Waals surface area contributed by atoms with Gasteiger partial charge in [-0.15, -0.1) is 0 Å². The summed E-state index contributed by atoms with van der Waals surface area (Å²) in [7, 11) is 1.65. The Morgan fingerprint density at radius 2 is 1.88 bits per heavy atom. The van der Waals surface area contributed by atoms with Gasteiger partial charge in [0.25, 0.3) is 0 Å². The minimum absolute atomic E-state index is 0.0977. The first-order valence-corrected chi connectivity index (χ1v) is 8.84. The predicted octanol–water partition coefficient (Wildman–Crippen LogP) is 3.32. The number of rotatable bonds is 6. The zero-order valence-corrected chi connectivity index (χ0v) is 14.6. The number of ether oxygens (including phenoxy) is 2. The van der Waals surface area contributed by atoms with E-state index in [0.717, 1.165) is 24.3 Å². The first-order valence-electron chi connectivity index (χ1n) is 8.84. The average molecular weight is 339 g/mol. The molecule has 132 valence electrons. The van der Waals surface area contributed by atoms with Crippen LogP contribution in [0, 0.1) is 0 Å². The van der Waals surface area contributed by atoms with E-state index in [2.05, 4.69) is 17.4 Å². The zero-order valence-electron chi connectivity index (χ0n) is 14.6. The van der Waals surface area contributed by atoms with Crippen LogP contribution in [-0.4, -0.2) is 32.3 Å². The summed E-state index contributed by atoms with van der Waals surface area (Å²) < 4.78 is 10.9. The second kappa shape index (κ2) is 8.67. The number of esters is 1. The maximum atomic E-state index is 12.3. The van der Waals surface area contributed by atoms with Crippen LogP contribution in [0.5, 0.6) is 5.75 Å². The lowest BCUT2D eigenvalue weighted by Crippen LogP contribution is -2.42. The van der Waals surface area contributed by atoms with E-state index in [4.69, 9.17) is 9.47 Å². The van der Waals surface area contributed by atoms with E-state index in [1.54, 1.807) is 7.11 Å². The molecule has 2 aromatic rings. The molecule has 0 radical (unpaired) electrons. The monoisotopic (exact) mass is 339 g/mol. The van der Waals surface area contributed by atoms with Gasteiger partial charge >= 0.3 is 5.97 Å². The van der Waals surface area contributed by atoms with Crippen LogP contribution in [-0.2, 0) is 16.0 Å². The molecule has 2 aromatic carbocycles. The molecule has 1 heterocycles. The summed E-state index contributed by atoms with van der Waals surface area (Å²) in [4.78, 5) is 12.3. The van der Waals surface area contributed by atoms with Crippen LogP contribution in [0.25, 0.3) is 0 Å². The molecule has 4 heteroatoms. The highest BCUT2D eigenvalue weighted by Gasteiger charge is 2.29. The number of piperidine rings is 1. The van der Waals surface area contributed by atoms with Crippen molar-refractivity contribution >= 4 is 5.97 Å².